The van der Waals surface area contributed by atoms with Crippen LogP contribution in [0.3, 0.4) is 0 Å². The van der Waals surface area contributed by atoms with Gasteiger partial charge in [0.1, 0.15) is 5.56 Å². The van der Waals surface area contributed by atoms with E-state index in [9.17, 15) is 22.8 Å². The molecule has 1 aliphatic rings. The van der Waals surface area contributed by atoms with Crippen LogP contribution in [0, 0.1) is 0 Å². The Morgan fingerprint density at radius 3 is 2.41 bits per heavy atom. The number of carbonyl (C=O) groups excluding carboxylic acids is 2. The predicted molar refractivity (Wildman–Crippen MR) is 68.0 cm³/mol. The van der Waals surface area contributed by atoms with E-state index in [2.05, 4.69) is 4.74 Å². The zero-order valence-electron chi connectivity index (χ0n) is 11.7. The first kappa shape index (κ1) is 16.1. The van der Waals surface area contributed by atoms with E-state index in [1.54, 1.807) is 0 Å². The summed E-state index contributed by atoms with van der Waals surface area (Å²) in [4.78, 5) is 23.5. The SMILES string of the molecule is CCOC(=O)C(=O)c1ccc(C(F)(F)F)c2c1OCCCO2. The van der Waals surface area contributed by atoms with Crippen LogP contribution in [-0.2, 0) is 15.7 Å². The number of alkyl halides is 3. The second-order valence-corrected chi connectivity index (χ2v) is 4.42. The van der Waals surface area contributed by atoms with Crippen molar-refractivity contribution in [2.75, 3.05) is 19.8 Å². The van der Waals surface area contributed by atoms with Crippen molar-refractivity contribution < 1.29 is 37.0 Å². The van der Waals surface area contributed by atoms with Crippen LogP contribution < -0.4 is 9.47 Å². The molecule has 1 aliphatic heterocycles. The van der Waals surface area contributed by atoms with Crippen LogP contribution >= 0.6 is 0 Å². The lowest BCUT2D eigenvalue weighted by Gasteiger charge is -2.17. The molecule has 0 aromatic heterocycles. The summed E-state index contributed by atoms with van der Waals surface area (Å²) >= 11 is 0. The summed E-state index contributed by atoms with van der Waals surface area (Å²) in [7, 11) is 0. The van der Waals surface area contributed by atoms with Crippen molar-refractivity contribution in [3.8, 4) is 11.5 Å². The van der Waals surface area contributed by atoms with Crippen molar-refractivity contribution in [2.24, 2.45) is 0 Å². The van der Waals surface area contributed by atoms with E-state index < -0.39 is 29.2 Å². The molecule has 0 atom stereocenters. The number of Topliss-reactive ketones (excluding diaryl/α,β-unsaturated/α-hetero) is 1. The molecule has 0 radical (unpaired) electrons. The van der Waals surface area contributed by atoms with Gasteiger partial charge in [0.05, 0.1) is 25.4 Å². The van der Waals surface area contributed by atoms with Crippen LogP contribution in [0.15, 0.2) is 12.1 Å². The molecule has 0 spiro atoms. The molecule has 0 aliphatic carbocycles. The van der Waals surface area contributed by atoms with E-state index >= 15 is 0 Å². The molecule has 22 heavy (non-hydrogen) atoms. The summed E-state index contributed by atoms with van der Waals surface area (Å²) in [5.74, 6) is -3.17. The van der Waals surface area contributed by atoms with Gasteiger partial charge < -0.3 is 14.2 Å². The summed E-state index contributed by atoms with van der Waals surface area (Å²) in [5.41, 5.74) is -1.35. The van der Waals surface area contributed by atoms with Crippen LogP contribution in [0.1, 0.15) is 29.3 Å². The Balaban J connectivity index is 2.53. The molecule has 0 N–H and O–H groups in total. The van der Waals surface area contributed by atoms with E-state index in [4.69, 9.17) is 9.47 Å². The Morgan fingerprint density at radius 2 is 1.82 bits per heavy atom. The fourth-order valence-electron chi connectivity index (χ4n) is 1.97. The molecule has 8 heteroatoms. The molecule has 0 bridgehead atoms. The first-order chi connectivity index (χ1) is 10.4. The Hall–Kier alpha value is -2.25. The van der Waals surface area contributed by atoms with Gasteiger partial charge in [-0.3, -0.25) is 4.79 Å². The molecule has 0 amide bonds. The van der Waals surface area contributed by atoms with Gasteiger partial charge in [0.15, 0.2) is 11.5 Å². The molecule has 0 saturated carbocycles. The smallest absolute Gasteiger partial charge is 0.420 e. The average Bonchev–Trinajstić information content (AvgIpc) is 2.70. The van der Waals surface area contributed by atoms with Crippen molar-refractivity contribution in [3.05, 3.63) is 23.3 Å². The molecule has 120 valence electrons. The van der Waals surface area contributed by atoms with Crippen molar-refractivity contribution in [1.82, 2.24) is 0 Å². The van der Waals surface area contributed by atoms with Gasteiger partial charge in [0.2, 0.25) is 0 Å². The molecular formula is C14H13F3O5. The molecular weight excluding hydrogens is 305 g/mol. The molecule has 2 rings (SSSR count). The van der Waals surface area contributed by atoms with Crippen LogP contribution in [-0.4, -0.2) is 31.6 Å². The van der Waals surface area contributed by atoms with Crippen molar-refractivity contribution in [2.45, 2.75) is 19.5 Å². The molecule has 1 heterocycles. The number of hydrogen-bond acceptors (Lipinski definition) is 5. The quantitative estimate of drug-likeness (QED) is 0.487. The standard InChI is InChI=1S/C14H13F3O5/c1-2-20-13(19)10(18)8-4-5-9(14(15,16)17)12-11(8)21-6-3-7-22-12/h4-5H,2-3,6-7H2,1H3. The maximum Gasteiger partial charge on any atom is 0.420 e. The molecule has 0 fully saturated rings. The maximum atomic E-state index is 13.0. The first-order valence-electron chi connectivity index (χ1n) is 6.57. The number of halogens is 3. The fourth-order valence-corrected chi connectivity index (χ4v) is 1.97. The van der Waals surface area contributed by atoms with E-state index in [0.717, 1.165) is 6.07 Å². The van der Waals surface area contributed by atoms with E-state index in [-0.39, 0.29) is 31.1 Å². The highest BCUT2D eigenvalue weighted by atomic mass is 19.4. The van der Waals surface area contributed by atoms with Gasteiger partial charge in [-0.1, -0.05) is 0 Å². The Labute approximate surface area is 124 Å². The second kappa shape index (κ2) is 6.25. The predicted octanol–water partition coefficient (Wildman–Crippen LogP) is 2.61. The summed E-state index contributed by atoms with van der Waals surface area (Å²) < 4.78 is 53.9. The lowest BCUT2D eigenvalue weighted by atomic mass is 10.0. The number of benzene rings is 1. The summed E-state index contributed by atoms with van der Waals surface area (Å²) in [6, 6.07) is 1.59. The number of ether oxygens (including phenoxy) is 3. The van der Waals surface area contributed by atoms with Crippen molar-refractivity contribution in [3.63, 3.8) is 0 Å². The molecule has 1 aromatic carbocycles. The monoisotopic (exact) mass is 318 g/mol. The molecule has 0 unspecified atom stereocenters. The first-order valence-corrected chi connectivity index (χ1v) is 6.57. The summed E-state index contributed by atoms with van der Waals surface area (Å²) in [6.07, 6.45) is -4.30. The van der Waals surface area contributed by atoms with E-state index in [1.165, 1.54) is 6.92 Å². The zero-order chi connectivity index (χ0) is 16.3. The van der Waals surface area contributed by atoms with Crippen LogP contribution in [0.4, 0.5) is 13.2 Å². The number of esters is 1. The highest BCUT2D eigenvalue weighted by Gasteiger charge is 2.38. The van der Waals surface area contributed by atoms with Gasteiger partial charge in [0.25, 0.3) is 5.78 Å². The molecule has 0 saturated heterocycles. The average molecular weight is 318 g/mol. The number of ketones is 1. The number of fused-ring (bicyclic) bond motifs is 1. The van der Waals surface area contributed by atoms with E-state index in [1.807, 2.05) is 0 Å². The summed E-state index contributed by atoms with van der Waals surface area (Å²) in [5, 5.41) is 0. The van der Waals surface area contributed by atoms with Gasteiger partial charge in [-0.05, 0) is 19.1 Å². The summed E-state index contributed by atoms with van der Waals surface area (Å²) in [6.45, 7) is 1.59. The minimum atomic E-state index is -4.66. The third-order valence-electron chi connectivity index (χ3n) is 2.90. The van der Waals surface area contributed by atoms with Gasteiger partial charge in [-0.25, -0.2) is 4.79 Å². The van der Waals surface area contributed by atoms with Gasteiger partial charge >= 0.3 is 12.1 Å². The number of carbonyl (C=O) groups is 2. The number of hydrogen-bond donors (Lipinski definition) is 0. The third-order valence-corrected chi connectivity index (χ3v) is 2.90. The van der Waals surface area contributed by atoms with Crippen LogP contribution in [0.5, 0.6) is 11.5 Å². The van der Waals surface area contributed by atoms with Crippen molar-refractivity contribution >= 4 is 11.8 Å². The van der Waals surface area contributed by atoms with Crippen LogP contribution in [0.25, 0.3) is 0 Å². The highest BCUT2D eigenvalue weighted by Crippen LogP contribution is 2.44. The van der Waals surface area contributed by atoms with E-state index in [0.29, 0.717) is 12.5 Å². The lowest BCUT2D eigenvalue weighted by molar-refractivity contribution is -0.139. The third kappa shape index (κ3) is 3.15. The topological polar surface area (TPSA) is 61.8 Å². The Morgan fingerprint density at radius 1 is 1.18 bits per heavy atom. The fraction of sp³-hybridized carbons (Fsp3) is 0.429. The number of rotatable bonds is 3. The normalized spacial score (nSPS) is 14.2. The maximum absolute atomic E-state index is 13.0. The zero-order valence-corrected chi connectivity index (χ0v) is 11.7. The van der Waals surface area contributed by atoms with Gasteiger partial charge in [0, 0.05) is 6.42 Å². The largest absolute Gasteiger partial charge is 0.489 e. The molecule has 1 aromatic rings. The molecule has 5 nitrogen and oxygen atoms in total. The van der Waals surface area contributed by atoms with Crippen LogP contribution in [0.2, 0.25) is 0 Å². The van der Waals surface area contributed by atoms with Crippen molar-refractivity contribution in [1.29, 1.82) is 0 Å². The minimum absolute atomic E-state index is 0.0210. The van der Waals surface area contributed by atoms with Gasteiger partial charge in [-0.15, -0.1) is 0 Å². The lowest BCUT2D eigenvalue weighted by Crippen LogP contribution is -2.19. The Bertz CT molecular complexity index is 595. The highest BCUT2D eigenvalue weighted by molar-refractivity contribution is 6.41. The second-order valence-electron chi connectivity index (χ2n) is 4.42. The van der Waals surface area contributed by atoms with Gasteiger partial charge in [-0.2, -0.15) is 13.2 Å². The minimum Gasteiger partial charge on any atom is -0.489 e. The Kier molecular flexibility index (Phi) is 4.58.